The standard InChI is InChI=1S/C26H25N/c1-18-10-14-24-21(16-18)12-13-22-17-19(2)11-15-25(22)27(24)26-9-5-7-20-6-3-4-8-23(20)26/h5,7,9-17H,3-4,6,8H2,1-2H3. The van der Waals surface area contributed by atoms with Crippen LogP contribution in [-0.4, -0.2) is 0 Å². The van der Waals surface area contributed by atoms with Crippen molar-refractivity contribution >= 4 is 29.2 Å². The average Bonchev–Trinajstić information content (AvgIpc) is 2.84. The Bertz CT molecular complexity index is 1000. The molecule has 27 heavy (non-hydrogen) atoms. The van der Waals surface area contributed by atoms with Gasteiger partial charge in [0.2, 0.25) is 0 Å². The second-order valence-electron chi connectivity index (χ2n) is 7.92. The predicted octanol–water partition coefficient (Wildman–Crippen LogP) is 7.14. The van der Waals surface area contributed by atoms with Crippen molar-refractivity contribution in [2.45, 2.75) is 39.5 Å². The van der Waals surface area contributed by atoms with E-state index in [-0.39, 0.29) is 0 Å². The lowest BCUT2D eigenvalue weighted by atomic mass is 9.89. The maximum Gasteiger partial charge on any atom is 0.0534 e. The number of benzene rings is 3. The van der Waals surface area contributed by atoms with Gasteiger partial charge in [-0.1, -0.05) is 47.5 Å². The second kappa shape index (κ2) is 6.42. The molecule has 3 aromatic carbocycles. The van der Waals surface area contributed by atoms with Crippen LogP contribution in [0.4, 0.5) is 17.1 Å². The number of hydrogen-bond acceptors (Lipinski definition) is 1. The molecule has 0 spiro atoms. The minimum atomic E-state index is 1.18. The highest BCUT2D eigenvalue weighted by molar-refractivity contribution is 5.94. The van der Waals surface area contributed by atoms with Crippen molar-refractivity contribution < 1.29 is 0 Å². The molecule has 1 heterocycles. The molecule has 0 radical (unpaired) electrons. The molecule has 0 bridgehead atoms. The fourth-order valence-electron chi connectivity index (χ4n) is 4.56. The van der Waals surface area contributed by atoms with Crippen molar-refractivity contribution in [2.24, 2.45) is 0 Å². The molecule has 0 unspecified atom stereocenters. The van der Waals surface area contributed by atoms with Crippen LogP contribution in [0.2, 0.25) is 0 Å². The molecule has 0 saturated heterocycles. The van der Waals surface area contributed by atoms with Crippen LogP contribution in [0.1, 0.15) is 46.2 Å². The SMILES string of the molecule is Cc1ccc2c(c1)C=Cc1cc(C)ccc1N2c1cccc2c1CCCC2. The zero-order valence-electron chi connectivity index (χ0n) is 16.1. The lowest BCUT2D eigenvalue weighted by Gasteiger charge is -2.31. The summed E-state index contributed by atoms with van der Waals surface area (Å²) in [5.74, 6) is 0. The van der Waals surface area contributed by atoms with E-state index in [1.54, 1.807) is 0 Å². The van der Waals surface area contributed by atoms with Gasteiger partial charge in [-0.3, -0.25) is 0 Å². The fourth-order valence-corrected chi connectivity index (χ4v) is 4.56. The van der Waals surface area contributed by atoms with E-state index in [4.69, 9.17) is 0 Å². The molecule has 2 aliphatic rings. The topological polar surface area (TPSA) is 3.24 Å². The van der Waals surface area contributed by atoms with Crippen molar-refractivity contribution in [3.63, 3.8) is 0 Å². The van der Waals surface area contributed by atoms with Gasteiger partial charge in [-0.15, -0.1) is 0 Å². The summed E-state index contributed by atoms with van der Waals surface area (Å²) in [4.78, 5) is 2.49. The third-order valence-electron chi connectivity index (χ3n) is 5.90. The summed E-state index contributed by atoms with van der Waals surface area (Å²) in [5.41, 5.74) is 12.1. The van der Waals surface area contributed by atoms with Gasteiger partial charge in [0.15, 0.2) is 0 Å². The number of nitrogens with zero attached hydrogens (tertiary/aromatic N) is 1. The van der Waals surface area contributed by atoms with E-state index in [2.05, 4.69) is 85.5 Å². The molecule has 3 aromatic rings. The molecule has 1 aliphatic carbocycles. The number of fused-ring (bicyclic) bond motifs is 3. The van der Waals surface area contributed by atoms with Gasteiger partial charge in [0.25, 0.3) is 0 Å². The van der Waals surface area contributed by atoms with Gasteiger partial charge >= 0.3 is 0 Å². The summed E-state index contributed by atoms with van der Waals surface area (Å²) in [7, 11) is 0. The van der Waals surface area contributed by atoms with Crippen LogP contribution in [0.5, 0.6) is 0 Å². The van der Waals surface area contributed by atoms with Crippen LogP contribution < -0.4 is 4.90 Å². The molecule has 1 aliphatic heterocycles. The Labute approximate surface area is 162 Å². The quantitative estimate of drug-likeness (QED) is 0.352. The van der Waals surface area contributed by atoms with E-state index in [9.17, 15) is 0 Å². The van der Waals surface area contributed by atoms with Crippen molar-refractivity contribution in [2.75, 3.05) is 4.90 Å². The first-order valence-electron chi connectivity index (χ1n) is 10.0. The summed E-state index contributed by atoms with van der Waals surface area (Å²) >= 11 is 0. The van der Waals surface area contributed by atoms with E-state index in [1.807, 2.05) is 0 Å². The van der Waals surface area contributed by atoms with Crippen molar-refractivity contribution in [1.82, 2.24) is 0 Å². The summed E-state index contributed by atoms with van der Waals surface area (Å²) < 4.78 is 0. The van der Waals surface area contributed by atoms with Crippen molar-refractivity contribution in [3.8, 4) is 0 Å². The molecule has 0 fully saturated rings. The molecule has 0 N–H and O–H groups in total. The summed E-state index contributed by atoms with van der Waals surface area (Å²) in [6.45, 7) is 4.34. The Balaban J connectivity index is 1.80. The molecule has 0 amide bonds. The fraction of sp³-hybridized carbons (Fsp3) is 0.231. The van der Waals surface area contributed by atoms with Gasteiger partial charge in [-0.2, -0.15) is 0 Å². The number of hydrogen-bond donors (Lipinski definition) is 0. The summed E-state index contributed by atoms with van der Waals surface area (Å²) in [6, 6.07) is 20.5. The van der Waals surface area contributed by atoms with Crippen LogP contribution in [0, 0.1) is 13.8 Å². The third-order valence-corrected chi connectivity index (χ3v) is 5.90. The molecular formula is C26H25N. The van der Waals surface area contributed by atoms with E-state index in [0.717, 1.165) is 0 Å². The van der Waals surface area contributed by atoms with E-state index >= 15 is 0 Å². The van der Waals surface area contributed by atoms with Gasteiger partial charge in [-0.05, 0) is 92.1 Å². The molecule has 0 saturated carbocycles. The summed E-state index contributed by atoms with van der Waals surface area (Å²) in [5, 5.41) is 0. The number of aryl methyl sites for hydroxylation is 3. The lowest BCUT2D eigenvalue weighted by molar-refractivity contribution is 0.686. The lowest BCUT2D eigenvalue weighted by Crippen LogP contribution is -2.16. The summed E-state index contributed by atoms with van der Waals surface area (Å²) in [6.07, 6.45) is 9.53. The molecule has 1 nitrogen and oxygen atoms in total. The Morgan fingerprint density at radius 1 is 0.667 bits per heavy atom. The van der Waals surface area contributed by atoms with E-state index in [1.165, 1.54) is 76.1 Å². The molecule has 0 aromatic heterocycles. The van der Waals surface area contributed by atoms with E-state index in [0.29, 0.717) is 0 Å². The maximum atomic E-state index is 2.49. The minimum absolute atomic E-state index is 1.18. The van der Waals surface area contributed by atoms with Gasteiger partial charge in [0, 0.05) is 5.69 Å². The molecule has 1 heteroatoms. The monoisotopic (exact) mass is 351 g/mol. The molecule has 5 rings (SSSR count). The molecule has 134 valence electrons. The molecule has 0 atom stereocenters. The Hall–Kier alpha value is -2.80. The predicted molar refractivity (Wildman–Crippen MR) is 116 cm³/mol. The second-order valence-corrected chi connectivity index (χ2v) is 7.92. The zero-order chi connectivity index (χ0) is 18.4. The Morgan fingerprint density at radius 2 is 1.30 bits per heavy atom. The van der Waals surface area contributed by atoms with Crippen molar-refractivity contribution in [1.29, 1.82) is 0 Å². The van der Waals surface area contributed by atoms with Gasteiger partial charge < -0.3 is 4.90 Å². The Kier molecular flexibility index (Phi) is 3.89. The largest absolute Gasteiger partial charge is 0.309 e. The van der Waals surface area contributed by atoms with Gasteiger partial charge in [0.05, 0.1) is 11.4 Å². The highest BCUT2D eigenvalue weighted by atomic mass is 15.2. The third kappa shape index (κ3) is 2.78. The number of anilines is 3. The van der Waals surface area contributed by atoms with Crippen LogP contribution >= 0.6 is 0 Å². The first-order valence-corrected chi connectivity index (χ1v) is 10.0. The van der Waals surface area contributed by atoms with Gasteiger partial charge in [0.1, 0.15) is 0 Å². The zero-order valence-corrected chi connectivity index (χ0v) is 16.1. The highest BCUT2D eigenvalue weighted by Crippen LogP contribution is 2.45. The van der Waals surface area contributed by atoms with Gasteiger partial charge in [-0.25, -0.2) is 0 Å². The molecular weight excluding hydrogens is 326 g/mol. The first-order chi connectivity index (χ1) is 13.2. The first kappa shape index (κ1) is 16.4. The maximum absolute atomic E-state index is 2.49. The van der Waals surface area contributed by atoms with Crippen LogP contribution in [0.15, 0.2) is 54.6 Å². The van der Waals surface area contributed by atoms with Crippen LogP contribution in [0.25, 0.3) is 12.2 Å². The smallest absolute Gasteiger partial charge is 0.0534 e. The Morgan fingerprint density at radius 3 is 1.96 bits per heavy atom. The van der Waals surface area contributed by atoms with Crippen molar-refractivity contribution in [3.05, 3.63) is 88.0 Å². The normalized spacial score (nSPS) is 15.0. The van der Waals surface area contributed by atoms with E-state index < -0.39 is 0 Å². The van der Waals surface area contributed by atoms with Crippen LogP contribution in [-0.2, 0) is 12.8 Å². The van der Waals surface area contributed by atoms with Crippen LogP contribution in [0.3, 0.4) is 0 Å². The number of rotatable bonds is 1. The average molecular weight is 351 g/mol. The minimum Gasteiger partial charge on any atom is -0.309 e. The highest BCUT2D eigenvalue weighted by Gasteiger charge is 2.24.